The number of hydrogen-bond donors (Lipinski definition) is 3. The third kappa shape index (κ3) is 4.80. The molecule has 0 spiro atoms. The molecule has 0 aliphatic carbocycles. The van der Waals surface area contributed by atoms with E-state index in [2.05, 4.69) is 10.6 Å². The zero-order valence-corrected chi connectivity index (χ0v) is 9.56. The molecule has 0 aliphatic heterocycles. The first-order chi connectivity index (χ1) is 7.22. The van der Waals surface area contributed by atoms with E-state index in [1.165, 1.54) is 4.88 Å². The van der Waals surface area contributed by atoms with Gasteiger partial charge in [-0.1, -0.05) is 0 Å². The second-order valence-corrected chi connectivity index (χ2v) is 4.57. The summed E-state index contributed by atoms with van der Waals surface area (Å²) in [4.78, 5) is 13.6. The van der Waals surface area contributed by atoms with Crippen molar-refractivity contribution in [1.82, 2.24) is 10.6 Å². The quantitative estimate of drug-likeness (QED) is 0.664. The molecule has 0 aromatic carbocycles. The van der Waals surface area contributed by atoms with Crippen LogP contribution in [0, 0.1) is 6.92 Å². The van der Waals surface area contributed by atoms with Crippen molar-refractivity contribution in [2.45, 2.75) is 19.9 Å². The highest BCUT2D eigenvalue weighted by Gasteiger charge is 2.00. The number of urea groups is 1. The molecule has 1 rings (SSSR count). The second-order valence-electron chi connectivity index (χ2n) is 3.20. The largest absolute Gasteiger partial charge is 0.396 e. The van der Waals surface area contributed by atoms with Crippen molar-refractivity contribution in [3.05, 3.63) is 21.9 Å². The van der Waals surface area contributed by atoms with E-state index in [1.54, 1.807) is 11.3 Å². The lowest BCUT2D eigenvalue weighted by Gasteiger charge is -2.05. The Balaban J connectivity index is 2.16. The summed E-state index contributed by atoms with van der Waals surface area (Å²) in [6.45, 7) is 3.20. The second kappa shape index (κ2) is 6.42. The molecule has 0 saturated carbocycles. The Morgan fingerprint density at radius 1 is 1.47 bits per heavy atom. The predicted octanol–water partition coefficient (Wildman–Crippen LogP) is 1.24. The van der Waals surface area contributed by atoms with Gasteiger partial charge in [0.25, 0.3) is 0 Å². The minimum atomic E-state index is -0.186. The Kier molecular flexibility index (Phi) is 5.14. The predicted molar refractivity (Wildman–Crippen MR) is 61.0 cm³/mol. The fraction of sp³-hybridized carbons (Fsp3) is 0.500. The summed E-state index contributed by atoms with van der Waals surface area (Å²) in [5.74, 6) is 0. The van der Waals surface area contributed by atoms with Crippen molar-refractivity contribution in [2.24, 2.45) is 0 Å². The number of carbonyl (C=O) groups is 1. The number of hydrogen-bond acceptors (Lipinski definition) is 3. The van der Waals surface area contributed by atoms with Crippen LogP contribution in [0.4, 0.5) is 4.79 Å². The molecular formula is C10H16N2O2S. The van der Waals surface area contributed by atoms with Crippen molar-refractivity contribution < 1.29 is 9.90 Å². The smallest absolute Gasteiger partial charge is 0.315 e. The molecule has 3 N–H and O–H groups in total. The van der Waals surface area contributed by atoms with E-state index in [0.29, 0.717) is 19.5 Å². The fourth-order valence-corrected chi connectivity index (χ4v) is 1.92. The van der Waals surface area contributed by atoms with E-state index in [9.17, 15) is 4.79 Å². The van der Waals surface area contributed by atoms with Gasteiger partial charge in [-0.05, 0) is 25.5 Å². The highest BCUT2D eigenvalue weighted by atomic mass is 32.1. The molecule has 1 aromatic rings. The molecule has 0 bridgehead atoms. The summed E-state index contributed by atoms with van der Waals surface area (Å²) in [7, 11) is 0. The lowest BCUT2D eigenvalue weighted by atomic mass is 10.4. The van der Waals surface area contributed by atoms with Gasteiger partial charge in [-0.15, -0.1) is 11.3 Å². The van der Waals surface area contributed by atoms with E-state index in [1.807, 2.05) is 19.1 Å². The summed E-state index contributed by atoms with van der Waals surface area (Å²) in [6, 6.07) is 3.86. The maximum absolute atomic E-state index is 11.2. The number of carbonyl (C=O) groups excluding carboxylic acids is 1. The third-order valence-electron chi connectivity index (χ3n) is 1.84. The summed E-state index contributed by atoms with van der Waals surface area (Å²) in [6.07, 6.45) is 0.589. The van der Waals surface area contributed by atoms with Crippen LogP contribution in [-0.4, -0.2) is 24.3 Å². The van der Waals surface area contributed by atoms with Gasteiger partial charge >= 0.3 is 6.03 Å². The number of aliphatic hydroxyl groups is 1. The van der Waals surface area contributed by atoms with E-state index in [-0.39, 0.29) is 12.6 Å². The highest BCUT2D eigenvalue weighted by Crippen LogP contribution is 2.14. The van der Waals surface area contributed by atoms with Crippen LogP contribution in [0.1, 0.15) is 16.2 Å². The molecule has 0 atom stereocenters. The SMILES string of the molecule is Cc1ccc(CNC(=O)NCCCO)s1. The Morgan fingerprint density at radius 2 is 2.27 bits per heavy atom. The summed E-state index contributed by atoms with van der Waals surface area (Å²) in [5, 5.41) is 13.9. The normalized spacial score (nSPS) is 10.0. The van der Waals surface area contributed by atoms with Gasteiger partial charge in [0.1, 0.15) is 0 Å². The number of aryl methyl sites for hydroxylation is 1. The minimum absolute atomic E-state index is 0.102. The zero-order chi connectivity index (χ0) is 11.1. The maximum Gasteiger partial charge on any atom is 0.315 e. The Morgan fingerprint density at radius 3 is 2.87 bits per heavy atom. The Bertz CT molecular complexity index is 312. The monoisotopic (exact) mass is 228 g/mol. The molecule has 4 nitrogen and oxygen atoms in total. The zero-order valence-electron chi connectivity index (χ0n) is 8.75. The maximum atomic E-state index is 11.2. The van der Waals surface area contributed by atoms with Crippen LogP contribution >= 0.6 is 11.3 Å². The van der Waals surface area contributed by atoms with Gasteiger partial charge in [0, 0.05) is 22.9 Å². The minimum Gasteiger partial charge on any atom is -0.396 e. The molecular weight excluding hydrogens is 212 g/mol. The van der Waals surface area contributed by atoms with Crippen LogP contribution in [0.25, 0.3) is 0 Å². The first-order valence-corrected chi connectivity index (χ1v) is 5.72. The molecule has 5 heteroatoms. The van der Waals surface area contributed by atoms with Crippen LogP contribution in [0.5, 0.6) is 0 Å². The molecule has 84 valence electrons. The first kappa shape index (κ1) is 12.0. The fourth-order valence-electron chi connectivity index (χ4n) is 1.09. The number of rotatable bonds is 5. The van der Waals surface area contributed by atoms with Crippen LogP contribution in [0.3, 0.4) is 0 Å². The summed E-state index contributed by atoms with van der Waals surface area (Å²) < 4.78 is 0. The number of amides is 2. The average molecular weight is 228 g/mol. The molecule has 15 heavy (non-hydrogen) atoms. The van der Waals surface area contributed by atoms with Crippen LogP contribution in [0.2, 0.25) is 0 Å². The van der Waals surface area contributed by atoms with Gasteiger partial charge in [-0.25, -0.2) is 4.79 Å². The van der Waals surface area contributed by atoms with Crippen molar-refractivity contribution in [2.75, 3.05) is 13.2 Å². The summed E-state index contributed by atoms with van der Waals surface area (Å²) in [5.41, 5.74) is 0. The highest BCUT2D eigenvalue weighted by molar-refractivity contribution is 7.11. The molecule has 1 heterocycles. The molecule has 2 amide bonds. The molecule has 0 saturated heterocycles. The molecule has 0 unspecified atom stereocenters. The molecule has 0 radical (unpaired) electrons. The number of nitrogens with one attached hydrogen (secondary N) is 2. The van der Waals surface area contributed by atoms with Gasteiger partial charge in [0.2, 0.25) is 0 Å². The summed E-state index contributed by atoms with van der Waals surface area (Å²) >= 11 is 1.68. The van der Waals surface area contributed by atoms with Crippen LogP contribution in [-0.2, 0) is 6.54 Å². The topological polar surface area (TPSA) is 61.4 Å². The van der Waals surface area contributed by atoms with Crippen molar-refractivity contribution in [1.29, 1.82) is 0 Å². The molecule has 0 aliphatic rings. The number of aliphatic hydroxyl groups excluding tert-OH is 1. The van der Waals surface area contributed by atoms with Crippen molar-refractivity contribution in [3.63, 3.8) is 0 Å². The lowest BCUT2D eigenvalue weighted by molar-refractivity contribution is 0.238. The van der Waals surface area contributed by atoms with E-state index in [0.717, 1.165) is 4.88 Å². The van der Waals surface area contributed by atoms with Gasteiger partial charge in [0.15, 0.2) is 0 Å². The van der Waals surface area contributed by atoms with Gasteiger partial charge in [-0.2, -0.15) is 0 Å². The van der Waals surface area contributed by atoms with Crippen molar-refractivity contribution in [3.8, 4) is 0 Å². The standard InChI is InChI=1S/C10H16N2O2S/c1-8-3-4-9(15-8)7-12-10(14)11-5-2-6-13/h3-4,13H,2,5-7H2,1H3,(H2,11,12,14). The number of thiophene rings is 1. The molecule has 1 aromatic heterocycles. The van der Waals surface area contributed by atoms with E-state index < -0.39 is 0 Å². The Labute approximate surface area is 93.3 Å². The van der Waals surface area contributed by atoms with Gasteiger partial charge in [-0.3, -0.25) is 0 Å². The van der Waals surface area contributed by atoms with Crippen LogP contribution in [0.15, 0.2) is 12.1 Å². The Hall–Kier alpha value is -1.07. The van der Waals surface area contributed by atoms with E-state index in [4.69, 9.17) is 5.11 Å². The average Bonchev–Trinajstić information content (AvgIpc) is 2.62. The van der Waals surface area contributed by atoms with Gasteiger partial charge < -0.3 is 15.7 Å². The third-order valence-corrected chi connectivity index (χ3v) is 2.84. The van der Waals surface area contributed by atoms with Crippen molar-refractivity contribution >= 4 is 17.4 Å². The van der Waals surface area contributed by atoms with Crippen LogP contribution < -0.4 is 10.6 Å². The first-order valence-electron chi connectivity index (χ1n) is 4.90. The lowest BCUT2D eigenvalue weighted by Crippen LogP contribution is -2.35. The van der Waals surface area contributed by atoms with Gasteiger partial charge in [0.05, 0.1) is 6.54 Å². The van der Waals surface area contributed by atoms with E-state index >= 15 is 0 Å². The molecule has 0 fully saturated rings.